The lowest BCUT2D eigenvalue weighted by atomic mass is 9.98. The highest BCUT2D eigenvalue weighted by molar-refractivity contribution is 5.82. The fourth-order valence-corrected chi connectivity index (χ4v) is 2.36. The quantitative estimate of drug-likeness (QED) is 0.684. The third-order valence-corrected chi connectivity index (χ3v) is 3.44. The molecular weight excluding hydrogens is 210 g/mol. The number of hydrogen-bond donors (Lipinski definition) is 0. The lowest BCUT2D eigenvalue weighted by molar-refractivity contribution is 0.758. The maximum Gasteiger partial charge on any atom is 0.0896 e. The molecule has 17 heavy (non-hydrogen) atoms. The van der Waals surface area contributed by atoms with Crippen LogP contribution in [0.25, 0.3) is 17.1 Å². The first-order valence-corrected chi connectivity index (χ1v) is 5.91. The molecule has 82 valence electrons. The van der Waals surface area contributed by atoms with Crippen LogP contribution < -0.4 is 0 Å². The Kier molecular flexibility index (Phi) is 1.72. The van der Waals surface area contributed by atoms with Crippen LogP contribution in [0.4, 0.5) is 0 Å². The molecule has 0 spiro atoms. The minimum Gasteiger partial charge on any atom is -0.269 e. The molecule has 0 saturated heterocycles. The van der Waals surface area contributed by atoms with E-state index in [1.54, 1.807) is 0 Å². The molecule has 0 amide bonds. The molecule has 0 bridgehead atoms. The second-order valence-electron chi connectivity index (χ2n) is 4.51. The lowest BCUT2D eigenvalue weighted by Gasteiger charge is -2.17. The largest absolute Gasteiger partial charge is 0.269 e. The van der Waals surface area contributed by atoms with Crippen LogP contribution >= 0.6 is 0 Å². The first-order chi connectivity index (χ1) is 8.40. The van der Waals surface area contributed by atoms with E-state index in [0.717, 1.165) is 30.3 Å². The molecule has 0 saturated carbocycles. The standard InChI is InChI=1S/C14H11N3/c1-2-12-11(1)16-13-7-9-3-5-15-6-4-10(9)8-14(13)17-12/h3,5-8H,1-2,4H2. The van der Waals surface area contributed by atoms with Gasteiger partial charge in [0.2, 0.25) is 0 Å². The molecular formula is C14H11N3. The zero-order valence-electron chi connectivity index (χ0n) is 9.35. The van der Waals surface area contributed by atoms with Gasteiger partial charge in [0.1, 0.15) is 0 Å². The number of aliphatic imine (C=N–C) groups is 1. The molecule has 0 unspecified atom stereocenters. The van der Waals surface area contributed by atoms with Gasteiger partial charge in [-0.2, -0.15) is 0 Å². The third kappa shape index (κ3) is 1.32. The van der Waals surface area contributed by atoms with Crippen LogP contribution in [-0.2, 0) is 19.3 Å². The Balaban J connectivity index is 2.01. The molecule has 3 heteroatoms. The zero-order valence-corrected chi connectivity index (χ0v) is 9.35. The Morgan fingerprint density at radius 2 is 1.71 bits per heavy atom. The van der Waals surface area contributed by atoms with Crippen molar-refractivity contribution in [2.24, 2.45) is 4.99 Å². The van der Waals surface area contributed by atoms with E-state index in [-0.39, 0.29) is 0 Å². The summed E-state index contributed by atoms with van der Waals surface area (Å²) in [5.41, 5.74) is 6.87. The van der Waals surface area contributed by atoms with E-state index < -0.39 is 0 Å². The number of fused-ring (bicyclic) bond motifs is 3. The van der Waals surface area contributed by atoms with Gasteiger partial charge in [0, 0.05) is 18.8 Å². The fourth-order valence-electron chi connectivity index (χ4n) is 2.36. The lowest BCUT2D eigenvalue weighted by Crippen LogP contribution is -2.13. The van der Waals surface area contributed by atoms with Crippen molar-refractivity contribution < 1.29 is 0 Å². The normalized spacial score (nSPS) is 16.2. The molecule has 1 aromatic carbocycles. The third-order valence-electron chi connectivity index (χ3n) is 3.44. The van der Waals surface area contributed by atoms with Crippen LogP contribution in [-0.4, -0.2) is 16.2 Å². The van der Waals surface area contributed by atoms with Gasteiger partial charge in [0.05, 0.1) is 22.4 Å². The van der Waals surface area contributed by atoms with Gasteiger partial charge in [-0.05, 0) is 42.2 Å². The number of nitrogens with zero attached hydrogens (tertiary/aromatic N) is 3. The van der Waals surface area contributed by atoms with Crippen molar-refractivity contribution in [1.82, 2.24) is 9.97 Å². The van der Waals surface area contributed by atoms with Crippen LogP contribution in [0.2, 0.25) is 0 Å². The highest BCUT2D eigenvalue weighted by Gasteiger charge is 2.18. The van der Waals surface area contributed by atoms with Gasteiger partial charge in [-0.25, -0.2) is 9.97 Å². The molecule has 0 N–H and O–H groups in total. The Bertz CT molecular complexity index is 683. The van der Waals surface area contributed by atoms with Crippen molar-refractivity contribution >= 4 is 23.3 Å². The monoisotopic (exact) mass is 221 g/mol. The first kappa shape index (κ1) is 9.05. The molecule has 1 aliphatic carbocycles. The second-order valence-corrected chi connectivity index (χ2v) is 4.51. The van der Waals surface area contributed by atoms with E-state index in [1.807, 2.05) is 18.5 Å². The Morgan fingerprint density at radius 1 is 0.941 bits per heavy atom. The maximum absolute atomic E-state index is 4.67. The molecule has 0 atom stereocenters. The fraction of sp³-hybridized carbons (Fsp3) is 0.214. The van der Waals surface area contributed by atoms with Crippen molar-refractivity contribution in [1.29, 1.82) is 0 Å². The minimum atomic E-state index is 0.872. The summed E-state index contributed by atoms with van der Waals surface area (Å²) >= 11 is 0. The average Bonchev–Trinajstić information content (AvgIpc) is 2.54. The number of hydrogen-bond acceptors (Lipinski definition) is 3. The molecule has 2 aromatic rings. The number of aryl methyl sites for hydroxylation is 2. The zero-order chi connectivity index (χ0) is 11.2. The molecule has 3 nitrogen and oxygen atoms in total. The van der Waals surface area contributed by atoms with Crippen molar-refractivity contribution in [3.63, 3.8) is 0 Å². The van der Waals surface area contributed by atoms with Crippen LogP contribution in [0.1, 0.15) is 22.5 Å². The predicted molar refractivity (Wildman–Crippen MR) is 68.2 cm³/mol. The van der Waals surface area contributed by atoms with Gasteiger partial charge < -0.3 is 0 Å². The Labute approximate surface area is 98.9 Å². The van der Waals surface area contributed by atoms with E-state index in [2.05, 4.69) is 27.1 Å². The van der Waals surface area contributed by atoms with Gasteiger partial charge in [-0.1, -0.05) is 0 Å². The van der Waals surface area contributed by atoms with E-state index >= 15 is 0 Å². The minimum absolute atomic E-state index is 0.872. The van der Waals surface area contributed by atoms with Crippen molar-refractivity contribution in [3.05, 3.63) is 40.8 Å². The van der Waals surface area contributed by atoms with Gasteiger partial charge in [-0.3, -0.25) is 4.99 Å². The van der Waals surface area contributed by atoms with Crippen LogP contribution in [0, 0.1) is 0 Å². The molecule has 0 fully saturated rings. The molecule has 4 rings (SSSR count). The highest BCUT2D eigenvalue weighted by Crippen LogP contribution is 2.25. The Morgan fingerprint density at radius 3 is 2.47 bits per heavy atom. The van der Waals surface area contributed by atoms with E-state index in [9.17, 15) is 0 Å². The summed E-state index contributed by atoms with van der Waals surface area (Å²) in [7, 11) is 0. The number of rotatable bonds is 0. The van der Waals surface area contributed by atoms with Gasteiger partial charge in [0.15, 0.2) is 0 Å². The Hall–Kier alpha value is -2.03. The number of benzene rings is 1. The summed E-state index contributed by atoms with van der Waals surface area (Å²) in [6.07, 6.45) is 8.84. The summed E-state index contributed by atoms with van der Waals surface area (Å²) in [6, 6.07) is 4.28. The molecule has 1 aliphatic heterocycles. The van der Waals surface area contributed by atoms with E-state index in [0.29, 0.717) is 0 Å². The summed E-state index contributed by atoms with van der Waals surface area (Å²) in [5, 5.41) is 0. The van der Waals surface area contributed by atoms with Gasteiger partial charge in [0.25, 0.3) is 0 Å². The molecule has 2 aliphatic rings. The predicted octanol–water partition coefficient (Wildman–Crippen LogP) is 2.33. The summed E-state index contributed by atoms with van der Waals surface area (Å²) in [5.74, 6) is 0. The van der Waals surface area contributed by atoms with Crippen molar-refractivity contribution in [2.45, 2.75) is 19.3 Å². The summed E-state index contributed by atoms with van der Waals surface area (Å²) < 4.78 is 0. The summed E-state index contributed by atoms with van der Waals surface area (Å²) in [4.78, 5) is 13.5. The smallest absolute Gasteiger partial charge is 0.0896 e. The van der Waals surface area contributed by atoms with Crippen LogP contribution in [0.15, 0.2) is 23.3 Å². The first-order valence-electron chi connectivity index (χ1n) is 5.91. The topological polar surface area (TPSA) is 38.1 Å². The second kappa shape index (κ2) is 3.23. The molecule has 0 radical (unpaired) electrons. The molecule has 2 heterocycles. The number of aromatic nitrogens is 2. The van der Waals surface area contributed by atoms with Gasteiger partial charge >= 0.3 is 0 Å². The van der Waals surface area contributed by atoms with Crippen LogP contribution in [0.3, 0.4) is 0 Å². The average molecular weight is 221 g/mol. The van der Waals surface area contributed by atoms with E-state index in [1.165, 1.54) is 22.5 Å². The highest BCUT2D eigenvalue weighted by atomic mass is 14.8. The maximum atomic E-state index is 4.67. The molecule has 1 aromatic heterocycles. The van der Waals surface area contributed by atoms with Crippen molar-refractivity contribution in [3.8, 4) is 0 Å². The van der Waals surface area contributed by atoms with Crippen LogP contribution in [0.5, 0.6) is 0 Å². The van der Waals surface area contributed by atoms with E-state index in [4.69, 9.17) is 0 Å². The van der Waals surface area contributed by atoms with Crippen molar-refractivity contribution in [2.75, 3.05) is 0 Å². The SMILES string of the molecule is C1=Cc2cc3nc4c(nc3cc2CC=N1)CC4. The summed E-state index contributed by atoms with van der Waals surface area (Å²) in [6.45, 7) is 0. The van der Waals surface area contributed by atoms with Gasteiger partial charge in [-0.15, -0.1) is 0 Å².